The minimum Gasteiger partial charge on any atom is -0.493 e. The first-order chi connectivity index (χ1) is 8.53. The molecule has 2 N–H and O–H groups in total. The van der Waals surface area contributed by atoms with Gasteiger partial charge in [0.05, 0.1) is 20.3 Å². The van der Waals surface area contributed by atoms with Crippen LogP contribution in [0.1, 0.15) is 30.6 Å². The van der Waals surface area contributed by atoms with Crippen LogP contribution in [0.3, 0.4) is 0 Å². The van der Waals surface area contributed by atoms with Crippen molar-refractivity contribution in [1.29, 1.82) is 0 Å². The molecule has 100 valence electrons. The van der Waals surface area contributed by atoms with E-state index in [0.29, 0.717) is 22.8 Å². The first kappa shape index (κ1) is 14.2. The van der Waals surface area contributed by atoms with E-state index in [4.69, 9.17) is 19.9 Å². The summed E-state index contributed by atoms with van der Waals surface area (Å²) in [6.07, 6.45) is 0.872. The molecule has 0 bridgehead atoms. The third kappa shape index (κ3) is 3.06. The van der Waals surface area contributed by atoms with Crippen molar-refractivity contribution in [3.05, 3.63) is 17.7 Å². The Morgan fingerprint density at radius 2 is 1.78 bits per heavy atom. The maximum Gasteiger partial charge on any atom is 0.248 e. The first-order valence-corrected chi connectivity index (χ1v) is 5.75. The number of ether oxygens (including phenoxy) is 3. The molecule has 5 heteroatoms. The van der Waals surface area contributed by atoms with Gasteiger partial charge >= 0.3 is 0 Å². The Kier molecular flexibility index (Phi) is 4.83. The molecule has 1 atom stereocenters. The van der Waals surface area contributed by atoms with Gasteiger partial charge in [-0.2, -0.15) is 0 Å². The summed E-state index contributed by atoms with van der Waals surface area (Å²) < 4.78 is 16.2. The molecule has 1 amide bonds. The van der Waals surface area contributed by atoms with E-state index in [9.17, 15) is 4.79 Å². The molecule has 0 heterocycles. The Morgan fingerprint density at radius 1 is 1.28 bits per heavy atom. The molecule has 0 radical (unpaired) electrons. The zero-order chi connectivity index (χ0) is 13.7. The monoisotopic (exact) mass is 253 g/mol. The van der Waals surface area contributed by atoms with Crippen LogP contribution in [0, 0.1) is 0 Å². The lowest BCUT2D eigenvalue weighted by Gasteiger charge is -2.18. The fourth-order valence-electron chi connectivity index (χ4n) is 1.42. The molecule has 1 unspecified atom stereocenters. The summed E-state index contributed by atoms with van der Waals surface area (Å²) >= 11 is 0. The second-order valence-corrected chi connectivity index (χ2v) is 3.91. The minimum absolute atomic E-state index is 0.0206. The van der Waals surface area contributed by atoms with Crippen molar-refractivity contribution in [2.75, 3.05) is 14.2 Å². The van der Waals surface area contributed by atoms with Gasteiger partial charge in [0, 0.05) is 5.56 Å². The van der Waals surface area contributed by atoms with E-state index in [0.717, 1.165) is 6.42 Å². The second-order valence-electron chi connectivity index (χ2n) is 3.91. The summed E-state index contributed by atoms with van der Waals surface area (Å²) in [6, 6.07) is 3.09. The molecular weight excluding hydrogens is 234 g/mol. The van der Waals surface area contributed by atoms with E-state index < -0.39 is 5.91 Å². The molecule has 18 heavy (non-hydrogen) atoms. The summed E-state index contributed by atoms with van der Waals surface area (Å²) in [5.41, 5.74) is 5.57. The second kappa shape index (κ2) is 6.14. The van der Waals surface area contributed by atoms with Crippen molar-refractivity contribution in [3.63, 3.8) is 0 Å². The maximum absolute atomic E-state index is 11.2. The van der Waals surface area contributed by atoms with Crippen molar-refractivity contribution in [3.8, 4) is 17.2 Å². The van der Waals surface area contributed by atoms with Gasteiger partial charge in [0.15, 0.2) is 11.5 Å². The van der Waals surface area contributed by atoms with E-state index in [2.05, 4.69) is 0 Å². The van der Waals surface area contributed by atoms with Crippen molar-refractivity contribution >= 4 is 5.91 Å². The van der Waals surface area contributed by atoms with Gasteiger partial charge in [-0.25, -0.2) is 0 Å². The van der Waals surface area contributed by atoms with Gasteiger partial charge in [-0.1, -0.05) is 6.92 Å². The van der Waals surface area contributed by atoms with Gasteiger partial charge in [0.2, 0.25) is 11.7 Å². The number of primary amides is 1. The maximum atomic E-state index is 11.2. The zero-order valence-corrected chi connectivity index (χ0v) is 11.1. The Bertz CT molecular complexity index is 406. The van der Waals surface area contributed by atoms with Crippen LogP contribution in [0.15, 0.2) is 12.1 Å². The quantitative estimate of drug-likeness (QED) is 0.841. The largest absolute Gasteiger partial charge is 0.493 e. The van der Waals surface area contributed by atoms with Gasteiger partial charge in [-0.05, 0) is 25.5 Å². The van der Waals surface area contributed by atoms with Crippen LogP contribution in [0.5, 0.6) is 17.2 Å². The molecule has 0 saturated carbocycles. The number of nitrogens with two attached hydrogens (primary N) is 1. The van der Waals surface area contributed by atoms with Gasteiger partial charge < -0.3 is 19.9 Å². The highest BCUT2D eigenvalue weighted by Gasteiger charge is 2.17. The lowest BCUT2D eigenvalue weighted by molar-refractivity contribution is 0.0999. The topological polar surface area (TPSA) is 70.8 Å². The molecule has 0 saturated heterocycles. The summed E-state index contributed by atoms with van der Waals surface area (Å²) in [6.45, 7) is 3.96. The smallest absolute Gasteiger partial charge is 0.248 e. The minimum atomic E-state index is -0.540. The highest BCUT2D eigenvalue weighted by Crippen LogP contribution is 2.39. The molecule has 1 rings (SSSR count). The highest BCUT2D eigenvalue weighted by atomic mass is 16.5. The molecule has 0 aromatic heterocycles. The number of methoxy groups -OCH3 is 2. The third-order valence-electron chi connectivity index (χ3n) is 2.64. The van der Waals surface area contributed by atoms with Crippen LogP contribution in [0.25, 0.3) is 0 Å². The standard InChI is InChI=1S/C13H19NO4/c1-5-8(2)18-12-10(16-3)6-9(13(14)15)7-11(12)17-4/h6-8H,5H2,1-4H3,(H2,14,15). The van der Waals surface area contributed by atoms with Crippen LogP contribution in [0.4, 0.5) is 0 Å². The number of hydrogen-bond acceptors (Lipinski definition) is 4. The van der Waals surface area contributed by atoms with E-state index >= 15 is 0 Å². The fraction of sp³-hybridized carbons (Fsp3) is 0.462. The Balaban J connectivity index is 3.25. The predicted octanol–water partition coefficient (Wildman–Crippen LogP) is 1.98. The summed E-state index contributed by atoms with van der Waals surface area (Å²) in [7, 11) is 3.01. The third-order valence-corrected chi connectivity index (χ3v) is 2.64. The Hall–Kier alpha value is -1.91. The lowest BCUT2D eigenvalue weighted by atomic mass is 10.1. The van der Waals surface area contributed by atoms with Crippen LogP contribution in [-0.2, 0) is 0 Å². The predicted molar refractivity (Wildman–Crippen MR) is 68.4 cm³/mol. The Labute approximate surface area is 107 Å². The van der Waals surface area contributed by atoms with Crippen LogP contribution >= 0.6 is 0 Å². The van der Waals surface area contributed by atoms with Gasteiger partial charge in [0.25, 0.3) is 0 Å². The zero-order valence-electron chi connectivity index (χ0n) is 11.1. The van der Waals surface area contributed by atoms with Crippen LogP contribution in [-0.4, -0.2) is 26.2 Å². The molecule has 1 aromatic carbocycles. The van der Waals surface area contributed by atoms with E-state index in [-0.39, 0.29) is 6.10 Å². The van der Waals surface area contributed by atoms with E-state index in [1.165, 1.54) is 14.2 Å². The van der Waals surface area contributed by atoms with Crippen molar-refractivity contribution < 1.29 is 19.0 Å². The van der Waals surface area contributed by atoms with Gasteiger partial charge in [-0.3, -0.25) is 4.79 Å². The van der Waals surface area contributed by atoms with Crippen LogP contribution < -0.4 is 19.9 Å². The number of amides is 1. The number of rotatable bonds is 6. The van der Waals surface area contributed by atoms with Crippen molar-refractivity contribution in [2.45, 2.75) is 26.4 Å². The molecule has 0 aliphatic heterocycles. The molecule has 0 aliphatic carbocycles. The number of hydrogen-bond donors (Lipinski definition) is 1. The van der Waals surface area contributed by atoms with Crippen molar-refractivity contribution in [1.82, 2.24) is 0 Å². The molecular formula is C13H19NO4. The normalized spacial score (nSPS) is 11.8. The summed E-state index contributed by atoms with van der Waals surface area (Å²) in [5.74, 6) is 0.813. The van der Waals surface area contributed by atoms with E-state index in [1.54, 1.807) is 12.1 Å². The number of benzene rings is 1. The van der Waals surface area contributed by atoms with Gasteiger partial charge in [-0.15, -0.1) is 0 Å². The SMILES string of the molecule is CCC(C)Oc1c(OC)cc(C(N)=O)cc1OC. The van der Waals surface area contributed by atoms with Crippen LogP contribution in [0.2, 0.25) is 0 Å². The Morgan fingerprint density at radius 3 is 2.11 bits per heavy atom. The number of carbonyl (C=O) groups is 1. The van der Waals surface area contributed by atoms with Gasteiger partial charge in [0.1, 0.15) is 0 Å². The van der Waals surface area contributed by atoms with E-state index in [1.807, 2.05) is 13.8 Å². The molecule has 1 aromatic rings. The van der Waals surface area contributed by atoms with Crippen molar-refractivity contribution in [2.24, 2.45) is 5.73 Å². The molecule has 0 spiro atoms. The molecule has 0 aliphatic rings. The molecule has 5 nitrogen and oxygen atoms in total. The average molecular weight is 253 g/mol. The first-order valence-electron chi connectivity index (χ1n) is 5.75. The highest BCUT2D eigenvalue weighted by molar-refractivity contribution is 5.94. The summed E-state index contributed by atoms with van der Waals surface area (Å²) in [4.78, 5) is 11.2. The lowest BCUT2D eigenvalue weighted by Crippen LogP contribution is -2.14. The average Bonchev–Trinajstić information content (AvgIpc) is 2.38. The fourth-order valence-corrected chi connectivity index (χ4v) is 1.42. The summed E-state index contributed by atoms with van der Waals surface area (Å²) in [5, 5.41) is 0. The number of carbonyl (C=O) groups excluding carboxylic acids is 1. The molecule has 0 fully saturated rings.